The third kappa shape index (κ3) is 3.91. The van der Waals surface area contributed by atoms with Gasteiger partial charge in [0.15, 0.2) is 0 Å². The maximum Gasteiger partial charge on any atom is 0.0622 e. The van der Waals surface area contributed by atoms with Gasteiger partial charge in [0.2, 0.25) is 0 Å². The molecule has 1 aromatic heterocycles. The van der Waals surface area contributed by atoms with Crippen LogP contribution in [-0.4, -0.2) is 18.0 Å². The normalized spacial score (nSPS) is 10.4. The topological polar surface area (TPSA) is 27.0 Å². The van der Waals surface area contributed by atoms with Crippen molar-refractivity contribution in [2.24, 2.45) is 0 Å². The summed E-state index contributed by atoms with van der Waals surface area (Å²) in [5.74, 6) is 0. The van der Waals surface area contributed by atoms with Gasteiger partial charge in [-0.25, -0.2) is 0 Å². The van der Waals surface area contributed by atoms with E-state index in [0.29, 0.717) is 6.42 Å². The lowest BCUT2D eigenvalue weighted by atomic mass is 10.3. The van der Waals surface area contributed by atoms with Crippen molar-refractivity contribution < 1.29 is 0 Å². The number of nitriles is 1. The first-order valence-corrected chi connectivity index (χ1v) is 5.86. The lowest BCUT2D eigenvalue weighted by Gasteiger charge is -2.18. The number of hydrogen-bond acceptors (Lipinski definition) is 3. The Morgan fingerprint density at radius 1 is 1.57 bits per heavy atom. The van der Waals surface area contributed by atoms with Gasteiger partial charge in [-0.2, -0.15) is 5.26 Å². The maximum absolute atomic E-state index is 8.44. The van der Waals surface area contributed by atoms with Crippen LogP contribution in [0, 0.1) is 11.3 Å². The molecule has 0 fully saturated rings. The first kappa shape index (κ1) is 11.2. The molecule has 0 bridgehead atoms. The molecule has 0 spiro atoms. The molecule has 0 aliphatic rings. The predicted octanol–water partition coefficient (Wildman–Crippen LogP) is 2.87. The zero-order valence-electron chi connectivity index (χ0n) is 8.57. The van der Waals surface area contributed by atoms with Crippen LogP contribution >= 0.6 is 11.3 Å². The van der Waals surface area contributed by atoms with Gasteiger partial charge in [-0.15, -0.1) is 11.3 Å². The quantitative estimate of drug-likeness (QED) is 0.672. The molecule has 1 aromatic rings. The largest absolute Gasteiger partial charge is 0.299 e. The second-order valence-electron chi connectivity index (χ2n) is 3.21. The lowest BCUT2D eigenvalue weighted by Crippen LogP contribution is -2.23. The van der Waals surface area contributed by atoms with E-state index in [2.05, 4.69) is 35.4 Å². The van der Waals surface area contributed by atoms with Gasteiger partial charge in [-0.3, -0.25) is 4.90 Å². The predicted molar refractivity (Wildman–Crippen MR) is 60.1 cm³/mol. The molecule has 0 saturated heterocycles. The summed E-state index contributed by atoms with van der Waals surface area (Å²) in [6.07, 6.45) is 1.65. The minimum atomic E-state index is 0.668. The molecular weight excluding hydrogens is 192 g/mol. The zero-order valence-corrected chi connectivity index (χ0v) is 9.39. The molecule has 0 atom stereocenters. The highest BCUT2D eigenvalue weighted by Crippen LogP contribution is 2.11. The minimum absolute atomic E-state index is 0.668. The number of rotatable bonds is 6. The Morgan fingerprint density at radius 3 is 3.00 bits per heavy atom. The molecule has 2 nitrogen and oxygen atoms in total. The van der Waals surface area contributed by atoms with Crippen LogP contribution in [0.15, 0.2) is 17.5 Å². The van der Waals surface area contributed by atoms with Crippen molar-refractivity contribution in [3.05, 3.63) is 22.4 Å². The minimum Gasteiger partial charge on any atom is -0.299 e. The first-order valence-electron chi connectivity index (χ1n) is 4.98. The number of unbranched alkanes of at least 4 members (excludes halogenated alkanes) is 1. The Hall–Kier alpha value is -0.850. The van der Waals surface area contributed by atoms with E-state index in [1.54, 1.807) is 11.3 Å². The highest BCUT2D eigenvalue weighted by atomic mass is 32.1. The smallest absolute Gasteiger partial charge is 0.0622 e. The fourth-order valence-corrected chi connectivity index (χ4v) is 2.10. The Morgan fingerprint density at radius 2 is 2.43 bits per heavy atom. The molecule has 0 saturated carbocycles. The van der Waals surface area contributed by atoms with E-state index < -0.39 is 0 Å². The Kier molecular flexibility index (Phi) is 5.28. The number of hydrogen-bond donors (Lipinski definition) is 0. The summed E-state index contributed by atoms with van der Waals surface area (Å²) in [4.78, 5) is 3.78. The molecule has 0 aliphatic carbocycles. The average Bonchev–Trinajstić information content (AvgIpc) is 2.69. The lowest BCUT2D eigenvalue weighted by molar-refractivity contribution is 0.280. The summed E-state index contributed by atoms with van der Waals surface area (Å²) in [5.41, 5.74) is 0. The first-order chi connectivity index (χ1) is 6.86. The van der Waals surface area contributed by atoms with Crippen molar-refractivity contribution in [2.45, 2.75) is 26.3 Å². The van der Waals surface area contributed by atoms with Crippen molar-refractivity contribution in [3.63, 3.8) is 0 Å². The molecule has 0 radical (unpaired) electrons. The van der Waals surface area contributed by atoms with Crippen LogP contribution in [0.4, 0.5) is 0 Å². The third-order valence-electron chi connectivity index (χ3n) is 2.17. The molecule has 14 heavy (non-hydrogen) atoms. The van der Waals surface area contributed by atoms with Crippen molar-refractivity contribution in [2.75, 3.05) is 13.1 Å². The van der Waals surface area contributed by atoms with Gasteiger partial charge >= 0.3 is 0 Å². The summed E-state index contributed by atoms with van der Waals surface area (Å²) in [6.45, 7) is 5.28. The van der Waals surface area contributed by atoms with Crippen LogP contribution in [-0.2, 0) is 6.54 Å². The Labute approximate surface area is 89.8 Å². The fourth-order valence-electron chi connectivity index (χ4n) is 1.35. The van der Waals surface area contributed by atoms with Crippen molar-refractivity contribution in [3.8, 4) is 6.07 Å². The van der Waals surface area contributed by atoms with Gasteiger partial charge in [-0.1, -0.05) is 13.0 Å². The van der Waals surface area contributed by atoms with E-state index in [1.807, 2.05) is 0 Å². The van der Waals surface area contributed by atoms with E-state index in [0.717, 1.165) is 26.1 Å². The highest BCUT2D eigenvalue weighted by Gasteiger charge is 2.03. The zero-order chi connectivity index (χ0) is 10.2. The molecule has 0 aromatic carbocycles. The standard InChI is InChI=1S/C11H16N2S/c1-2-13(8-4-3-7-12)10-11-6-5-9-14-11/h5-6,9H,2-4,8,10H2,1H3. The van der Waals surface area contributed by atoms with Crippen LogP contribution in [0.3, 0.4) is 0 Å². The van der Waals surface area contributed by atoms with Crippen molar-refractivity contribution in [1.82, 2.24) is 4.90 Å². The van der Waals surface area contributed by atoms with E-state index in [1.165, 1.54) is 4.88 Å². The maximum atomic E-state index is 8.44. The van der Waals surface area contributed by atoms with Gasteiger partial charge in [0.25, 0.3) is 0 Å². The summed E-state index contributed by atoms with van der Waals surface area (Å²) in [5, 5.41) is 10.6. The van der Waals surface area contributed by atoms with Gasteiger partial charge in [0.1, 0.15) is 0 Å². The van der Waals surface area contributed by atoms with E-state index in [4.69, 9.17) is 5.26 Å². The van der Waals surface area contributed by atoms with Gasteiger partial charge in [-0.05, 0) is 31.0 Å². The van der Waals surface area contributed by atoms with Crippen LogP contribution in [0.25, 0.3) is 0 Å². The molecule has 1 heterocycles. The van der Waals surface area contributed by atoms with Crippen LogP contribution < -0.4 is 0 Å². The molecule has 0 N–H and O–H groups in total. The Bertz CT molecular complexity index is 274. The molecular formula is C11H16N2S. The summed E-state index contributed by atoms with van der Waals surface area (Å²) in [7, 11) is 0. The summed E-state index contributed by atoms with van der Waals surface area (Å²) in [6, 6.07) is 6.43. The van der Waals surface area contributed by atoms with E-state index in [9.17, 15) is 0 Å². The van der Waals surface area contributed by atoms with E-state index in [-0.39, 0.29) is 0 Å². The van der Waals surface area contributed by atoms with Gasteiger partial charge in [0.05, 0.1) is 6.07 Å². The van der Waals surface area contributed by atoms with Crippen molar-refractivity contribution >= 4 is 11.3 Å². The molecule has 76 valence electrons. The number of thiophene rings is 1. The van der Waals surface area contributed by atoms with Crippen LogP contribution in [0.1, 0.15) is 24.6 Å². The average molecular weight is 208 g/mol. The summed E-state index contributed by atoms with van der Waals surface area (Å²) < 4.78 is 0. The van der Waals surface area contributed by atoms with Crippen LogP contribution in [0.2, 0.25) is 0 Å². The highest BCUT2D eigenvalue weighted by molar-refractivity contribution is 7.09. The third-order valence-corrected chi connectivity index (χ3v) is 3.03. The fraction of sp³-hybridized carbons (Fsp3) is 0.545. The summed E-state index contributed by atoms with van der Waals surface area (Å²) >= 11 is 1.80. The van der Waals surface area contributed by atoms with Crippen LogP contribution in [0.5, 0.6) is 0 Å². The molecule has 0 amide bonds. The van der Waals surface area contributed by atoms with Crippen molar-refractivity contribution in [1.29, 1.82) is 5.26 Å². The second-order valence-corrected chi connectivity index (χ2v) is 4.24. The van der Waals surface area contributed by atoms with E-state index >= 15 is 0 Å². The Balaban J connectivity index is 2.29. The van der Waals surface area contributed by atoms with Gasteiger partial charge < -0.3 is 0 Å². The molecule has 0 aliphatic heterocycles. The number of nitrogens with zero attached hydrogens (tertiary/aromatic N) is 2. The molecule has 0 unspecified atom stereocenters. The molecule has 1 rings (SSSR count). The van der Waals surface area contributed by atoms with Gasteiger partial charge in [0, 0.05) is 17.8 Å². The second kappa shape index (κ2) is 6.58. The SMILES string of the molecule is CCN(CCCC#N)Cc1cccs1. The monoisotopic (exact) mass is 208 g/mol. The molecule has 3 heteroatoms.